The van der Waals surface area contributed by atoms with Crippen LogP contribution in [0.2, 0.25) is 0 Å². The second kappa shape index (κ2) is 2.13. The van der Waals surface area contributed by atoms with Crippen molar-refractivity contribution in [2.24, 2.45) is 0 Å². The average Bonchev–Trinajstić information content (AvgIpc) is 1.64. The largest absolute Gasteiger partial charge is 0.424 e. The molecule has 0 aliphatic heterocycles. The molecule has 0 fully saturated rings. The van der Waals surface area contributed by atoms with Gasteiger partial charge in [-0.2, -0.15) is 13.2 Å². The lowest BCUT2D eigenvalue weighted by Gasteiger charge is -2.20. The maximum absolute atomic E-state index is 12.0. The summed E-state index contributed by atoms with van der Waals surface area (Å²) in [7, 11) is 0. The SMILES string of the molecule is CC(F)(CO)C(F)(F)F. The Morgan fingerprint density at radius 3 is 1.56 bits per heavy atom. The van der Waals surface area contributed by atoms with Crippen molar-refractivity contribution in [1.82, 2.24) is 0 Å². The van der Waals surface area contributed by atoms with E-state index in [0.29, 0.717) is 0 Å². The van der Waals surface area contributed by atoms with Crippen molar-refractivity contribution in [1.29, 1.82) is 0 Å². The molecule has 0 amide bonds. The number of aliphatic hydroxyl groups is 1. The molecule has 9 heavy (non-hydrogen) atoms. The summed E-state index contributed by atoms with van der Waals surface area (Å²) >= 11 is 0. The Labute approximate surface area is 49.3 Å². The van der Waals surface area contributed by atoms with Crippen LogP contribution in [0.5, 0.6) is 0 Å². The Morgan fingerprint density at radius 1 is 1.22 bits per heavy atom. The highest BCUT2D eigenvalue weighted by Crippen LogP contribution is 2.32. The number of halogens is 4. The Bertz CT molecular complexity index is 95.2. The first-order chi connectivity index (χ1) is 3.81. The van der Waals surface area contributed by atoms with Gasteiger partial charge in [0, 0.05) is 0 Å². The average molecular weight is 146 g/mol. The Kier molecular flexibility index (Phi) is 2.06. The van der Waals surface area contributed by atoms with Crippen LogP contribution < -0.4 is 0 Å². The highest BCUT2D eigenvalue weighted by molar-refractivity contribution is 4.80. The van der Waals surface area contributed by atoms with Crippen molar-refractivity contribution in [3.05, 3.63) is 0 Å². The topological polar surface area (TPSA) is 20.2 Å². The van der Waals surface area contributed by atoms with Gasteiger partial charge in [0.1, 0.15) is 0 Å². The van der Waals surface area contributed by atoms with Gasteiger partial charge in [0.2, 0.25) is 5.67 Å². The number of alkyl halides is 4. The first kappa shape index (κ1) is 8.68. The van der Waals surface area contributed by atoms with Gasteiger partial charge in [0.25, 0.3) is 0 Å². The molecule has 5 heteroatoms. The lowest BCUT2D eigenvalue weighted by molar-refractivity contribution is -0.233. The van der Waals surface area contributed by atoms with Crippen LogP contribution in [0.4, 0.5) is 17.6 Å². The summed E-state index contributed by atoms with van der Waals surface area (Å²) in [5, 5.41) is 7.83. The lowest BCUT2D eigenvalue weighted by Crippen LogP contribution is -2.40. The number of rotatable bonds is 1. The number of aliphatic hydroxyl groups excluding tert-OH is 1. The first-order valence-corrected chi connectivity index (χ1v) is 2.18. The Balaban J connectivity index is 4.14. The maximum Gasteiger partial charge on any atom is 0.424 e. The fourth-order valence-electron chi connectivity index (χ4n) is 0.0896. The van der Waals surface area contributed by atoms with E-state index < -0.39 is 18.5 Å². The van der Waals surface area contributed by atoms with Gasteiger partial charge < -0.3 is 5.11 Å². The molecule has 0 heterocycles. The first-order valence-electron chi connectivity index (χ1n) is 2.18. The van der Waals surface area contributed by atoms with Crippen molar-refractivity contribution in [3.63, 3.8) is 0 Å². The molecule has 0 spiro atoms. The Morgan fingerprint density at radius 2 is 1.56 bits per heavy atom. The molecule has 0 aliphatic carbocycles. The molecular weight excluding hydrogens is 140 g/mol. The second-order valence-electron chi connectivity index (χ2n) is 1.85. The molecule has 1 nitrogen and oxygen atoms in total. The quantitative estimate of drug-likeness (QED) is 0.552. The molecule has 0 saturated heterocycles. The summed E-state index contributed by atoms with van der Waals surface area (Å²) in [5.41, 5.74) is -3.47. The van der Waals surface area contributed by atoms with E-state index in [1.807, 2.05) is 0 Å². The summed E-state index contributed by atoms with van der Waals surface area (Å²) in [5.74, 6) is 0. The van der Waals surface area contributed by atoms with Crippen LogP contribution in [-0.4, -0.2) is 23.6 Å². The number of hydrogen-bond acceptors (Lipinski definition) is 1. The van der Waals surface area contributed by atoms with E-state index >= 15 is 0 Å². The van der Waals surface area contributed by atoms with E-state index in [1.54, 1.807) is 0 Å². The van der Waals surface area contributed by atoms with Crippen LogP contribution >= 0.6 is 0 Å². The van der Waals surface area contributed by atoms with E-state index in [1.165, 1.54) is 0 Å². The van der Waals surface area contributed by atoms with E-state index in [0.717, 1.165) is 0 Å². The minimum atomic E-state index is -4.97. The van der Waals surface area contributed by atoms with E-state index in [9.17, 15) is 17.6 Å². The predicted molar refractivity (Wildman–Crippen MR) is 22.7 cm³/mol. The van der Waals surface area contributed by atoms with Crippen molar-refractivity contribution in [3.8, 4) is 0 Å². The molecule has 0 rings (SSSR count). The zero-order chi connectivity index (χ0) is 7.71. The summed E-state index contributed by atoms with van der Waals surface area (Å²) in [4.78, 5) is 0. The van der Waals surface area contributed by atoms with E-state index in [-0.39, 0.29) is 6.92 Å². The fraction of sp³-hybridized carbons (Fsp3) is 1.00. The summed E-state index contributed by atoms with van der Waals surface area (Å²) < 4.78 is 45.8. The molecule has 1 N–H and O–H groups in total. The second-order valence-corrected chi connectivity index (χ2v) is 1.85. The van der Waals surface area contributed by atoms with Gasteiger partial charge in [-0.3, -0.25) is 0 Å². The number of hydrogen-bond donors (Lipinski definition) is 1. The van der Waals surface area contributed by atoms with Gasteiger partial charge in [-0.1, -0.05) is 0 Å². The van der Waals surface area contributed by atoms with Gasteiger partial charge in [0.15, 0.2) is 0 Å². The summed E-state index contributed by atoms with van der Waals surface area (Å²) in [6, 6.07) is 0. The minimum absolute atomic E-state index is 0.285. The van der Waals surface area contributed by atoms with E-state index in [2.05, 4.69) is 0 Å². The van der Waals surface area contributed by atoms with Crippen LogP contribution in [0.1, 0.15) is 6.92 Å². The van der Waals surface area contributed by atoms with Gasteiger partial charge in [-0.25, -0.2) is 4.39 Å². The molecule has 0 saturated carbocycles. The van der Waals surface area contributed by atoms with Crippen molar-refractivity contribution < 1.29 is 22.7 Å². The molecular formula is C4H6F4O. The van der Waals surface area contributed by atoms with Gasteiger partial charge >= 0.3 is 6.18 Å². The highest BCUT2D eigenvalue weighted by atomic mass is 19.4. The molecule has 0 aromatic rings. The molecule has 1 atom stereocenters. The fourth-order valence-corrected chi connectivity index (χ4v) is 0.0896. The van der Waals surface area contributed by atoms with Crippen LogP contribution in [0.3, 0.4) is 0 Å². The molecule has 1 unspecified atom stereocenters. The Hall–Kier alpha value is -0.320. The monoisotopic (exact) mass is 146 g/mol. The van der Waals surface area contributed by atoms with Crippen molar-refractivity contribution >= 4 is 0 Å². The minimum Gasteiger partial charge on any atom is -0.393 e. The summed E-state index contributed by atoms with van der Waals surface area (Å²) in [6.45, 7) is -1.25. The van der Waals surface area contributed by atoms with Crippen molar-refractivity contribution in [2.75, 3.05) is 6.61 Å². The van der Waals surface area contributed by atoms with Crippen LogP contribution in [0, 0.1) is 0 Å². The third-order valence-corrected chi connectivity index (χ3v) is 0.888. The molecule has 56 valence electrons. The smallest absolute Gasteiger partial charge is 0.393 e. The molecule has 0 radical (unpaired) electrons. The normalized spacial score (nSPS) is 19.3. The zero-order valence-electron chi connectivity index (χ0n) is 4.67. The highest BCUT2D eigenvalue weighted by Gasteiger charge is 2.51. The third-order valence-electron chi connectivity index (χ3n) is 0.888. The van der Waals surface area contributed by atoms with E-state index in [4.69, 9.17) is 5.11 Å². The van der Waals surface area contributed by atoms with Crippen molar-refractivity contribution in [2.45, 2.75) is 18.8 Å². The zero-order valence-corrected chi connectivity index (χ0v) is 4.67. The van der Waals surface area contributed by atoms with Gasteiger partial charge in [-0.05, 0) is 6.92 Å². The predicted octanol–water partition coefficient (Wildman–Crippen LogP) is 1.27. The molecule has 0 aromatic carbocycles. The van der Waals surface area contributed by atoms with Crippen LogP contribution in [0.15, 0.2) is 0 Å². The standard InChI is InChI=1S/C4H6F4O/c1-3(5,2-9)4(6,7)8/h9H,2H2,1H3. The van der Waals surface area contributed by atoms with Crippen LogP contribution in [-0.2, 0) is 0 Å². The maximum atomic E-state index is 12.0. The van der Waals surface area contributed by atoms with Gasteiger partial charge in [0.05, 0.1) is 6.61 Å². The van der Waals surface area contributed by atoms with Gasteiger partial charge in [-0.15, -0.1) is 0 Å². The molecule has 0 aliphatic rings. The molecule has 0 aromatic heterocycles. The molecule has 0 bridgehead atoms. The summed E-state index contributed by atoms with van der Waals surface area (Å²) in [6.07, 6.45) is -4.97. The third kappa shape index (κ3) is 1.82. The lowest BCUT2D eigenvalue weighted by atomic mass is 10.1. The van der Waals surface area contributed by atoms with Crippen LogP contribution in [0.25, 0.3) is 0 Å².